The van der Waals surface area contributed by atoms with Crippen LogP contribution in [0.4, 0.5) is 0 Å². The minimum atomic E-state index is -2.87. The van der Waals surface area contributed by atoms with Crippen molar-refractivity contribution in [2.24, 2.45) is 0 Å². The molecule has 5 heteroatoms. The lowest BCUT2D eigenvalue weighted by Crippen LogP contribution is -0.997. The van der Waals surface area contributed by atoms with Gasteiger partial charge in [-0.1, -0.05) is 0 Å². The normalized spacial score (nSPS) is 23.8. The van der Waals surface area contributed by atoms with Crippen molar-refractivity contribution in [3.8, 4) is 0 Å². The molecular formula is HI2O2P. The molecule has 0 saturated heterocycles. The summed E-state index contributed by atoms with van der Waals surface area (Å²) in [5.74, 6) is 0. The van der Waals surface area contributed by atoms with Crippen molar-refractivity contribution in [1.29, 1.82) is 1.28 Å². The molecule has 32 valence electrons. The van der Waals surface area contributed by atoms with E-state index in [0.29, 0.717) is 0 Å². The van der Waals surface area contributed by atoms with Gasteiger partial charge in [0.15, 0.2) is 0 Å². The molecule has 0 aromatic carbocycles. The second kappa shape index (κ2) is 3.67. The van der Waals surface area contributed by atoms with Crippen LogP contribution in [0.5, 0.6) is 0 Å². The molecule has 0 rings (SSSR count). The lowest BCUT2D eigenvalue weighted by atomic mass is 16.0. The van der Waals surface area contributed by atoms with Crippen LogP contribution < -0.4 is 0 Å². The Balaban J connectivity index is 3.81. The van der Waals surface area contributed by atoms with Crippen molar-refractivity contribution >= 4 is 45.7 Å². The first-order valence-corrected chi connectivity index (χ1v) is 8.39. The van der Waals surface area contributed by atoms with Gasteiger partial charge in [0.1, 0.15) is 1.28 Å². The third-order valence-electron chi connectivity index (χ3n) is 0.0543. The van der Waals surface area contributed by atoms with E-state index in [1.807, 2.05) is 0 Å². The Bertz CT molecular complexity index is 93.7. The summed E-state index contributed by atoms with van der Waals surface area (Å²) in [6.45, 7) is 0. The lowest BCUT2D eigenvalue weighted by molar-refractivity contribution is 0.604. The molecule has 0 N–H and O–H groups in total. The van der Waals surface area contributed by atoms with Crippen LogP contribution in [0.3, 0.4) is 0 Å². The van der Waals surface area contributed by atoms with Crippen molar-refractivity contribution in [3.05, 3.63) is 0 Å². The topological polar surface area (TPSA) is 34.1 Å². The van der Waals surface area contributed by atoms with Crippen LogP contribution >= 0.6 is 45.7 Å². The van der Waals surface area contributed by atoms with Gasteiger partial charge in [0, 0.05) is 22.0 Å². The largest absolute Gasteiger partial charge is 0.302 e. The molecule has 2 nitrogen and oxygen atoms in total. The molecular weight excluding hydrogens is 317 g/mol. The predicted molar refractivity (Wildman–Crippen MR) is 37.7 cm³/mol. The van der Waals surface area contributed by atoms with E-state index in [-0.39, 0.29) is 0 Å². The SMILES string of the molecule is [2H]P(=O)(I)I=O. The van der Waals surface area contributed by atoms with Crippen molar-refractivity contribution in [2.75, 3.05) is 0 Å². The molecule has 0 amide bonds. The Morgan fingerprint density at radius 2 is 2.40 bits per heavy atom. The maximum atomic E-state index is 9.97. The molecule has 0 aliphatic heterocycles. The van der Waals surface area contributed by atoms with E-state index >= 15 is 0 Å². The molecule has 1 atom stereocenters. The van der Waals surface area contributed by atoms with Gasteiger partial charge in [0.05, 0.1) is 0 Å². The van der Waals surface area contributed by atoms with Crippen LogP contribution in [-0.2, 0) is 7.63 Å². The molecule has 0 saturated carbocycles. The van der Waals surface area contributed by atoms with E-state index in [1.165, 1.54) is 22.0 Å². The summed E-state index contributed by atoms with van der Waals surface area (Å²) >= 11 is -0.178. The first kappa shape index (κ1) is 4.64. The number of hydrogen-bond acceptors (Lipinski definition) is 2. The Morgan fingerprint density at radius 3 is 2.40 bits per heavy atom. The van der Waals surface area contributed by atoms with Gasteiger partial charge < -0.3 is 4.57 Å². The summed E-state index contributed by atoms with van der Waals surface area (Å²) in [6, 6.07) is 0. The lowest BCUT2D eigenvalue weighted by Gasteiger charge is -1.55. The third-order valence-corrected chi connectivity index (χ3v) is 4.09. The van der Waals surface area contributed by atoms with Crippen LogP contribution in [0.1, 0.15) is 0 Å². The van der Waals surface area contributed by atoms with Gasteiger partial charge in [-0.15, -0.1) is 0 Å². The van der Waals surface area contributed by atoms with Gasteiger partial charge in [-0.25, -0.2) is 0 Å². The average molecular weight is 319 g/mol. The maximum absolute atomic E-state index is 9.97. The fraction of sp³-hybridized carbons (Fsp3) is 0. The second-order valence-corrected chi connectivity index (χ2v) is 12.8. The summed E-state index contributed by atoms with van der Waals surface area (Å²) in [7, 11) is 0. The van der Waals surface area contributed by atoms with E-state index in [1.54, 1.807) is 0 Å². The molecule has 1 unspecified atom stereocenters. The highest BCUT2D eigenvalue weighted by molar-refractivity contribution is 14.3. The zero-order chi connectivity index (χ0) is 5.21. The highest BCUT2D eigenvalue weighted by Gasteiger charge is 1.78. The molecule has 0 fully saturated rings. The molecule has 0 aromatic heterocycles. The van der Waals surface area contributed by atoms with Crippen LogP contribution in [0, 0.1) is 0 Å². The standard InChI is InChI=1S/HI2O2P/c1-5(4)2-3/h5H/i5D. The molecule has 0 spiro atoms. The first-order valence-electron chi connectivity index (χ1n) is 1.12. The summed E-state index contributed by atoms with van der Waals surface area (Å²) < 4.78 is 23.2. The van der Waals surface area contributed by atoms with Gasteiger partial charge in [-0.3, -0.25) is 3.07 Å². The third kappa shape index (κ3) is 5.49. The van der Waals surface area contributed by atoms with Crippen molar-refractivity contribution in [2.45, 2.75) is 0 Å². The summed E-state index contributed by atoms with van der Waals surface area (Å²) in [4.78, 5) is 0. The van der Waals surface area contributed by atoms with Crippen LogP contribution in [-0.4, -0.2) is 1.28 Å². The monoisotopic (exact) mass is 319 g/mol. The molecule has 0 heterocycles. The summed E-state index contributed by atoms with van der Waals surface area (Å²) in [5.41, 5.74) is 0. The van der Waals surface area contributed by atoms with Gasteiger partial charge in [-0.05, 0) is 0 Å². The Hall–Kier alpha value is 1.49. The Kier molecular flexibility index (Phi) is 3.41. The predicted octanol–water partition coefficient (Wildman–Crippen LogP) is 2.13. The highest BCUT2D eigenvalue weighted by atomic mass is 127. The smallest absolute Gasteiger partial charge is 0.220 e. The van der Waals surface area contributed by atoms with E-state index in [2.05, 4.69) is 0 Å². The van der Waals surface area contributed by atoms with E-state index in [9.17, 15) is 7.63 Å². The van der Waals surface area contributed by atoms with E-state index in [4.69, 9.17) is 1.28 Å². The maximum Gasteiger partial charge on any atom is 0.220 e. The molecule has 0 radical (unpaired) electrons. The van der Waals surface area contributed by atoms with Crippen LogP contribution in [0.15, 0.2) is 0 Å². The van der Waals surface area contributed by atoms with Crippen LogP contribution in [0.25, 0.3) is 0 Å². The Morgan fingerprint density at radius 1 is 2.20 bits per heavy atom. The number of rotatable bonds is 1. The van der Waals surface area contributed by atoms with Crippen molar-refractivity contribution in [1.82, 2.24) is 0 Å². The quantitative estimate of drug-likeness (QED) is 0.548. The Labute approximate surface area is 54.2 Å². The zero-order valence-corrected chi connectivity index (χ0v) is 7.23. The zero-order valence-electron chi connectivity index (χ0n) is 3.02. The first-order chi connectivity index (χ1) is 2.56. The van der Waals surface area contributed by atoms with E-state index < -0.39 is 23.7 Å². The number of halogens is 2. The second-order valence-electron chi connectivity index (χ2n) is 0.271. The van der Waals surface area contributed by atoms with Gasteiger partial charge >= 0.3 is 0 Å². The fourth-order valence-electron chi connectivity index (χ4n) is 0. The highest BCUT2D eigenvalue weighted by Crippen LogP contribution is 2.44. The van der Waals surface area contributed by atoms with E-state index in [0.717, 1.165) is 0 Å². The molecule has 0 aliphatic carbocycles. The minimum absolute atomic E-state index is 1.40. The molecule has 0 bridgehead atoms. The molecule has 0 aliphatic rings. The van der Waals surface area contributed by atoms with Crippen molar-refractivity contribution in [3.63, 3.8) is 0 Å². The summed E-state index contributed by atoms with van der Waals surface area (Å²) in [5, 5.41) is 0. The molecule has 5 heavy (non-hydrogen) atoms. The van der Waals surface area contributed by atoms with Gasteiger partial charge in [0.2, 0.25) is 23.7 Å². The summed E-state index contributed by atoms with van der Waals surface area (Å²) in [6.07, 6.45) is 0. The fourth-order valence-corrected chi connectivity index (χ4v) is 0. The minimum Gasteiger partial charge on any atom is -0.302 e. The average Bonchev–Trinajstić information content (AvgIpc) is 1.35. The van der Waals surface area contributed by atoms with Crippen LogP contribution in [0.2, 0.25) is 0 Å². The van der Waals surface area contributed by atoms with Gasteiger partial charge in [0.25, 0.3) is 0 Å². The number of hydrogen-bond donors (Lipinski definition) is 0. The van der Waals surface area contributed by atoms with Gasteiger partial charge in [-0.2, -0.15) is 0 Å². The molecule has 0 aromatic rings. The van der Waals surface area contributed by atoms with Crippen molar-refractivity contribution < 1.29 is 7.63 Å².